The molecule has 0 spiro atoms. The van der Waals surface area contributed by atoms with Crippen molar-refractivity contribution in [2.75, 3.05) is 18.0 Å². The summed E-state index contributed by atoms with van der Waals surface area (Å²) in [5, 5.41) is 12.6. The molecule has 0 saturated carbocycles. The third kappa shape index (κ3) is 3.37. The molecule has 2 aromatic carbocycles. The number of hydrogen-bond acceptors (Lipinski definition) is 5. The average molecular weight is 365 g/mol. The van der Waals surface area contributed by atoms with Crippen LogP contribution in [0.3, 0.4) is 0 Å². The summed E-state index contributed by atoms with van der Waals surface area (Å²) in [6.45, 7) is 2.02. The lowest BCUT2D eigenvalue weighted by molar-refractivity contribution is -0.387. The number of fused-ring (bicyclic) bond motifs is 1. The maximum absolute atomic E-state index is 11.5. The second-order valence-electron chi connectivity index (χ2n) is 6.39. The van der Waals surface area contributed by atoms with Crippen LogP contribution < -0.4 is 4.90 Å². The molecule has 132 valence electrons. The van der Waals surface area contributed by atoms with E-state index in [-0.39, 0.29) is 10.6 Å². The Hall–Kier alpha value is -2.60. The first-order valence-corrected chi connectivity index (χ1v) is 9.59. The van der Waals surface area contributed by atoms with Crippen LogP contribution in [0, 0.1) is 10.1 Å². The first-order chi connectivity index (χ1) is 12.7. The fraction of sp³-hybridized carbons (Fsp3) is 0.250. The van der Waals surface area contributed by atoms with Gasteiger partial charge < -0.3 is 4.90 Å². The summed E-state index contributed by atoms with van der Waals surface area (Å²) < 4.78 is 0. The van der Waals surface area contributed by atoms with E-state index < -0.39 is 0 Å². The number of anilines is 1. The van der Waals surface area contributed by atoms with Gasteiger partial charge in [0.2, 0.25) is 0 Å². The Labute approximate surface area is 156 Å². The van der Waals surface area contributed by atoms with E-state index >= 15 is 0 Å². The summed E-state index contributed by atoms with van der Waals surface area (Å²) >= 11 is 1.42. The molecule has 1 aliphatic heterocycles. The van der Waals surface area contributed by atoms with Crippen LogP contribution in [0.15, 0.2) is 64.5 Å². The summed E-state index contributed by atoms with van der Waals surface area (Å²) in [6, 6.07) is 15.3. The van der Waals surface area contributed by atoms with E-state index in [1.165, 1.54) is 31.0 Å². The standard InChI is InChI=1S/C20H19N3O2S/c24-23(25)17-10-9-16(22-12-2-1-3-13-22)14-19(17)26-18-8-4-6-15-7-5-11-21-20(15)18/h4-11,14H,1-3,12-13H2. The SMILES string of the molecule is O=[N+]([O-])c1ccc(N2CCCCC2)cc1Sc1cccc2cccnc12. The van der Waals surface area contributed by atoms with Gasteiger partial charge in [0.15, 0.2) is 0 Å². The van der Waals surface area contributed by atoms with Gasteiger partial charge in [0.05, 0.1) is 15.3 Å². The van der Waals surface area contributed by atoms with Gasteiger partial charge in [-0.05, 0) is 43.5 Å². The third-order valence-corrected chi connectivity index (χ3v) is 5.77. The lowest BCUT2D eigenvalue weighted by Crippen LogP contribution is -2.29. The molecular weight excluding hydrogens is 346 g/mol. The van der Waals surface area contributed by atoms with Crippen molar-refractivity contribution in [3.63, 3.8) is 0 Å². The van der Waals surface area contributed by atoms with E-state index in [4.69, 9.17) is 0 Å². The zero-order valence-electron chi connectivity index (χ0n) is 14.3. The number of piperidine rings is 1. The van der Waals surface area contributed by atoms with Crippen molar-refractivity contribution >= 4 is 34.0 Å². The second kappa shape index (κ2) is 7.33. The van der Waals surface area contributed by atoms with Crippen molar-refractivity contribution in [1.29, 1.82) is 0 Å². The fourth-order valence-electron chi connectivity index (χ4n) is 3.36. The monoisotopic (exact) mass is 365 g/mol. The Morgan fingerprint density at radius 1 is 1.00 bits per heavy atom. The molecule has 0 radical (unpaired) electrons. The van der Waals surface area contributed by atoms with E-state index in [0.717, 1.165) is 34.6 Å². The van der Waals surface area contributed by atoms with Crippen molar-refractivity contribution in [3.05, 3.63) is 64.8 Å². The van der Waals surface area contributed by atoms with E-state index in [1.807, 2.05) is 42.5 Å². The molecule has 2 heterocycles. The highest BCUT2D eigenvalue weighted by Gasteiger charge is 2.19. The number of benzene rings is 2. The van der Waals surface area contributed by atoms with Gasteiger partial charge in [-0.2, -0.15) is 0 Å². The highest BCUT2D eigenvalue weighted by molar-refractivity contribution is 7.99. The van der Waals surface area contributed by atoms with Crippen LogP contribution in [0.2, 0.25) is 0 Å². The number of para-hydroxylation sites is 1. The van der Waals surface area contributed by atoms with Gasteiger partial charge in [-0.3, -0.25) is 15.1 Å². The first-order valence-electron chi connectivity index (χ1n) is 8.77. The normalized spacial score (nSPS) is 14.5. The molecule has 3 aromatic rings. The highest BCUT2D eigenvalue weighted by atomic mass is 32.2. The molecule has 5 nitrogen and oxygen atoms in total. The Kier molecular flexibility index (Phi) is 4.75. The maximum Gasteiger partial charge on any atom is 0.283 e. The predicted molar refractivity (Wildman–Crippen MR) is 105 cm³/mol. The van der Waals surface area contributed by atoms with Crippen molar-refractivity contribution in [2.45, 2.75) is 29.1 Å². The number of nitro benzene ring substituents is 1. The molecular formula is C20H19N3O2S. The number of pyridine rings is 1. The fourth-order valence-corrected chi connectivity index (χ4v) is 4.44. The minimum absolute atomic E-state index is 0.142. The quantitative estimate of drug-likeness (QED) is 0.465. The van der Waals surface area contributed by atoms with Gasteiger partial charge in [-0.15, -0.1) is 0 Å². The Morgan fingerprint density at radius 2 is 1.81 bits per heavy atom. The van der Waals surface area contributed by atoms with Crippen LogP contribution in [0.25, 0.3) is 10.9 Å². The summed E-state index contributed by atoms with van der Waals surface area (Å²) in [4.78, 5) is 19.6. The molecule has 4 rings (SSSR count). The van der Waals surface area contributed by atoms with Gasteiger partial charge in [0.25, 0.3) is 5.69 Å². The van der Waals surface area contributed by atoms with Gasteiger partial charge in [0, 0.05) is 41.3 Å². The van der Waals surface area contributed by atoms with Crippen LogP contribution in [-0.4, -0.2) is 23.0 Å². The van der Waals surface area contributed by atoms with Gasteiger partial charge >= 0.3 is 0 Å². The molecule has 0 unspecified atom stereocenters. The Bertz CT molecular complexity index is 949. The van der Waals surface area contributed by atoms with Crippen LogP contribution in [0.1, 0.15) is 19.3 Å². The third-order valence-electron chi connectivity index (χ3n) is 4.68. The van der Waals surface area contributed by atoms with Gasteiger partial charge in [-0.25, -0.2) is 0 Å². The molecule has 0 aliphatic carbocycles. The van der Waals surface area contributed by atoms with Crippen molar-refractivity contribution in [3.8, 4) is 0 Å². The largest absolute Gasteiger partial charge is 0.371 e. The molecule has 26 heavy (non-hydrogen) atoms. The summed E-state index contributed by atoms with van der Waals surface area (Å²) in [5.74, 6) is 0. The molecule has 1 aromatic heterocycles. The minimum Gasteiger partial charge on any atom is -0.371 e. The average Bonchev–Trinajstić information content (AvgIpc) is 2.69. The maximum atomic E-state index is 11.5. The number of hydrogen-bond donors (Lipinski definition) is 0. The van der Waals surface area contributed by atoms with Crippen LogP contribution in [-0.2, 0) is 0 Å². The molecule has 1 fully saturated rings. The molecule has 0 atom stereocenters. The molecule has 0 N–H and O–H groups in total. The first kappa shape index (κ1) is 16.8. The molecule has 1 aliphatic rings. The number of nitro groups is 1. The molecule has 6 heteroatoms. The summed E-state index contributed by atoms with van der Waals surface area (Å²) in [6.07, 6.45) is 5.36. The zero-order chi connectivity index (χ0) is 17.9. The minimum atomic E-state index is -0.305. The smallest absolute Gasteiger partial charge is 0.283 e. The Balaban J connectivity index is 1.74. The molecule has 1 saturated heterocycles. The number of nitrogens with zero attached hydrogens (tertiary/aromatic N) is 3. The summed E-state index contributed by atoms with van der Waals surface area (Å²) in [5.41, 5.74) is 2.08. The lowest BCUT2D eigenvalue weighted by atomic mass is 10.1. The van der Waals surface area contributed by atoms with Crippen LogP contribution >= 0.6 is 11.8 Å². The van der Waals surface area contributed by atoms with Crippen molar-refractivity contribution in [2.24, 2.45) is 0 Å². The number of aromatic nitrogens is 1. The van der Waals surface area contributed by atoms with Gasteiger partial charge in [-0.1, -0.05) is 30.0 Å². The lowest BCUT2D eigenvalue weighted by Gasteiger charge is -2.29. The highest BCUT2D eigenvalue weighted by Crippen LogP contribution is 2.39. The van der Waals surface area contributed by atoms with Gasteiger partial charge in [0.1, 0.15) is 0 Å². The molecule has 0 bridgehead atoms. The zero-order valence-corrected chi connectivity index (χ0v) is 15.1. The number of rotatable bonds is 4. The van der Waals surface area contributed by atoms with E-state index in [0.29, 0.717) is 4.90 Å². The van der Waals surface area contributed by atoms with E-state index in [9.17, 15) is 10.1 Å². The topological polar surface area (TPSA) is 59.3 Å². The predicted octanol–water partition coefficient (Wildman–Crippen LogP) is 5.28. The van der Waals surface area contributed by atoms with Crippen LogP contribution in [0.5, 0.6) is 0 Å². The molecule has 0 amide bonds. The van der Waals surface area contributed by atoms with Crippen LogP contribution in [0.4, 0.5) is 11.4 Å². The second-order valence-corrected chi connectivity index (χ2v) is 7.47. The van der Waals surface area contributed by atoms with E-state index in [1.54, 1.807) is 12.3 Å². The van der Waals surface area contributed by atoms with E-state index in [2.05, 4.69) is 9.88 Å². The Morgan fingerprint density at radius 3 is 2.62 bits per heavy atom. The summed E-state index contributed by atoms with van der Waals surface area (Å²) in [7, 11) is 0. The van der Waals surface area contributed by atoms with Crippen molar-refractivity contribution < 1.29 is 4.92 Å². The van der Waals surface area contributed by atoms with Crippen molar-refractivity contribution in [1.82, 2.24) is 4.98 Å².